The standard InChI is InChI=1S/C15H22O4.C13H16O5/c1-10(2)15(18)14(17)8-11(3)4-5-13(16)12-6-7-19-9-12;1-15-10-7-9(5-6-12(14)17-3)8-11(16-2)13(10)18-4/h6-7,9-11,15,18H,4-5,8H2,1-3H3;5-8H,1-4H3. The minimum atomic E-state index is -0.896. The monoisotopic (exact) mass is 518 g/mol. The molecule has 1 N–H and O–H groups in total. The fourth-order valence-corrected chi connectivity index (χ4v) is 3.31. The van der Waals surface area contributed by atoms with E-state index >= 15 is 0 Å². The van der Waals surface area contributed by atoms with Crippen LogP contribution in [0.3, 0.4) is 0 Å². The summed E-state index contributed by atoms with van der Waals surface area (Å²) in [7, 11) is 5.92. The first-order valence-corrected chi connectivity index (χ1v) is 11.9. The van der Waals surface area contributed by atoms with Gasteiger partial charge in [0.25, 0.3) is 0 Å². The third-order valence-corrected chi connectivity index (χ3v) is 5.52. The second-order valence-corrected chi connectivity index (χ2v) is 8.75. The summed E-state index contributed by atoms with van der Waals surface area (Å²) in [6, 6.07) is 5.11. The number of hydrogen-bond acceptors (Lipinski definition) is 9. The van der Waals surface area contributed by atoms with Crippen molar-refractivity contribution in [2.45, 2.75) is 46.1 Å². The van der Waals surface area contributed by atoms with E-state index in [0.29, 0.717) is 42.1 Å². The Kier molecular flexibility index (Phi) is 13.8. The van der Waals surface area contributed by atoms with E-state index in [2.05, 4.69) is 4.74 Å². The van der Waals surface area contributed by atoms with Gasteiger partial charge in [-0.1, -0.05) is 20.8 Å². The molecule has 0 bridgehead atoms. The summed E-state index contributed by atoms with van der Waals surface area (Å²) in [6.07, 6.45) is 6.29. The first-order chi connectivity index (χ1) is 17.6. The van der Waals surface area contributed by atoms with Crippen LogP contribution in [0.15, 0.2) is 41.2 Å². The Morgan fingerprint density at radius 3 is 2.08 bits per heavy atom. The summed E-state index contributed by atoms with van der Waals surface area (Å²) in [4.78, 5) is 34.5. The molecule has 9 nitrogen and oxygen atoms in total. The molecule has 204 valence electrons. The molecule has 0 aliphatic heterocycles. The van der Waals surface area contributed by atoms with Crippen LogP contribution in [0.25, 0.3) is 6.08 Å². The van der Waals surface area contributed by atoms with Crippen LogP contribution in [-0.2, 0) is 14.3 Å². The highest BCUT2D eigenvalue weighted by atomic mass is 16.5. The molecule has 0 spiro atoms. The second kappa shape index (κ2) is 16.2. The first kappa shape index (κ1) is 31.4. The SMILES string of the molecule is CC(CCC(=O)c1ccoc1)CC(=O)C(O)C(C)C.COC(=O)C=Cc1cc(OC)c(OC)c(OC)c1. The number of carbonyl (C=O) groups excluding carboxylic acids is 3. The molecule has 0 radical (unpaired) electrons. The van der Waals surface area contributed by atoms with Gasteiger partial charge < -0.3 is 28.5 Å². The van der Waals surface area contributed by atoms with Crippen molar-refractivity contribution in [3.8, 4) is 17.2 Å². The Hall–Kier alpha value is -3.59. The van der Waals surface area contributed by atoms with E-state index in [9.17, 15) is 19.5 Å². The highest BCUT2D eigenvalue weighted by Crippen LogP contribution is 2.38. The van der Waals surface area contributed by atoms with Crippen LogP contribution in [0.1, 0.15) is 56.0 Å². The molecular formula is C28H38O9. The van der Waals surface area contributed by atoms with E-state index in [4.69, 9.17) is 18.6 Å². The minimum Gasteiger partial charge on any atom is -0.493 e. The number of furan rings is 1. The molecule has 0 fully saturated rings. The lowest BCUT2D eigenvalue weighted by Crippen LogP contribution is -2.27. The van der Waals surface area contributed by atoms with Crippen LogP contribution >= 0.6 is 0 Å². The summed E-state index contributed by atoms with van der Waals surface area (Å²) in [5, 5.41) is 9.64. The van der Waals surface area contributed by atoms with Crippen molar-refractivity contribution >= 4 is 23.6 Å². The third-order valence-electron chi connectivity index (χ3n) is 5.52. The first-order valence-electron chi connectivity index (χ1n) is 11.9. The summed E-state index contributed by atoms with van der Waals surface area (Å²) in [6.45, 7) is 5.55. The van der Waals surface area contributed by atoms with E-state index < -0.39 is 12.1 Å². The highest BCUT2D eigenvalue weighted by Gasteiger charge is 2.21. The lowest BCUT2D eigenvalue weighted by molar-refractivity contribution is -0.134. The number of ether oxygens (including phenoxy) is 4. The molecule has 0 saturated carbocycles. The van der Waals surface area contributed by atoms with E-state index in [1.165, 1.54) is 47.0 Å². The fourth-order valence-electron chi connectivity index (χ4n) is 3.31. The maximum absolute atomic E-state index is 11.7. The van der Waals surface area contributed by atoms with Gasteiger partial charge in [0.15, 0.2) is 23.1 Å². The quantitative estimate of drug-likeness (QED) is 0.227. The van der Waals surface area contributed by atoms with E-state index in [0.717, 1.165) is 5.56 Å². The lowest BCUT2D eigenvalue weighted by Gasteiger charge is -2.16. The highest BCUT2D eigenvalue weighted by molar-refractivity contribution is 5.95. The Bertz CT molecular complexity index is 997. The number of rotatable bonds is 13. The maximum atomic E-state index is 11.7. The van der Waals surface area contributed by atoms with Crippen LogP contribution < -0.4 is 14.2 Å². The number of ketones is 2. The topological polar surface area (TPSA) is 122 Å². The number of esters is 1. The number of methoxy groups -OCH3 is 4. The van der Waals surface area contributed by atoms with Crippen LogP contribution in [-0.4, -0.2) is 57.2 Å². The van der Waals surface area contributed by atoms with Gasteiger partial charge in [0, 0.05) is 18.9 Å². The molecule has 9 heteroatoms. The van der Waals surface area contributed by atoms with Crippen LogP contribution in [0.2, 0.25) is 0 Å². The fraction of sp³-hybridized carbons (Fsp3) is 0.464. The summed E-state index contributed by atoms with van der Waals surface area (Å²) < 4.78 is 25.0. The minimum absolute atomic E-state index is 0.0254. The Morgan fingerprint density at radius 1 is 1.00 bits per heavy atom. The Morgan fingerprint density at radius 2 is 1.62 bits per heavy atom. The van der Waals surface area contributed by atoms with Crippen molar-refractivity contribution in [3.63, 3.8) is 0 Å². The molecule has 1 aromatic carbocycles. The average molecular weight is 519 g/mol. The summed E-state index contributed by atoms with van der Waals surface area (Å²) >= 11 is 0. The van der Waals surface area contributed by atoms with Crippen LogP contribution in [0.4, 0.5) is 0 Å². The number of hydrogen-bond donors (Lipinski definition) is 1. The van der Waals surface area contributed by atoms with Crippen molar-refractivity contribution in [1.29, 1.82) is 0 Å². The zero-order chi connectivity index (χ0) is 28.0. The molecule has 0 aliphatic rings. The molecular weight excluding hydrogens is 480 g/mol. The van der Waals surface area contributed by atoms with Crippen molar-refractivity contribution in [2.75, 3.05) is 28.4 Å². The number of aliphatic hydroxyl groups excluding tert-OH is 1. The molecule has 0 aliphatic carbocycles. The summed E-state index contributed by atoms with van der Waals surface area (Å²) in [5.74, 6) is 1.06. The predicted molar refractivity (Wildman–Crippen MR) is 139 cm³/mol. The molecule has 2 rings (SSSR count). The number of aliphatic hydroxyl groups is 1. The van der Waals surface area contributed by atoms with Gasteiger partial charge >= 0.3 is 5.97 Å². The van der Waals surface area contributed by atoms with Crippen molar-refractivity contribution < 1.29 is 42.9 Å². The van der Waals surface area contributed by atoms with Gasteiger partial charge in [0.1, 0.15) is 12.4 Å². The molecule has 1 aromatic heterocycles. The van der Waals surface area contributed by atoms with E-state index in [1.54, 1.807) is 24.3 Å². The smallest absolute Gasteiger partial charge is 0.330 e. The molecule has 0 amide bonds. The number of benzene rings is 1. The van der Waals surface area contributed by atoms with E-state index in [-0.39, 0.29) is 23.4 Å². The van der Waals surface area contributed by atoms with Crippen LogP contribution in [0.5, 0.6) is 17.2 Å². The van der Waals surface area contributed by atoms with Gasteiger partial charge in [0.05, 0.1) is 40.3 Å². The zero-order valence-electron chi connectivity index (χ0n) is 22.6. The van der Waals surface area contributed by atoms with Crippen molar-refractivity contribution in [2.24, 2.45) is 11.8 Å². The number of carbonyl (C=O) groups is 3. The molecule has 1 heterocycles. The van der Waals surface area contributed by atoms with Gasteiger partial charge in [-0.15, -0.1) is 0 Å². The second-order valence-electron chi connectivity index (χ2n) is 8.75. The van der Waals surface area contributed by atoms with Crippen molar-refractivity contribution in [3.05, 3.63) is 47.9 Å². The normalized spacial score (nSPS) is 12.4. The zero-order valence-corrected chi connectivity index (χ0v) is 22.6. The van der Waals surface area contributed by atoms with Gasteiger partial charge in [0.2, 0.25) is 5.75 Å². The largest absolute Gasteiger partial charge is 0.493 e. The molecule has 2 aromatic rings. The molecule has 0 saturated heterocycles. The van der Waals surface area contributed by atoms with E-state index in [1.807, 2.05) is 20.8 Å². The maximum Gasteiger partial charge on any atom is 0.330 e. The van der Waals surface area contributed by atoms with Crippen LogP contribution in [0, 0.1) is 11.8 Å². The van der Waals surface area contributed by atoms with Gasteiger partial charge in [-0.3, -0.25) is 9.59 Å². The van der Waals surface area contributed by atoms with Crippen molar-refractivity contribution in [1.82, 2.24) is 0 Å². The predicted octanol–water partition coefficient (Wildman–Crippen LogP) is 4.75. The lowest BCUT2D eigenvalue weighted by atomic mass is 9.92. The average Bonchev–Trinajstić information content (AvgIpc) is 3.44. The summed E-state index contributed by atoms with van der Waals surface area (Å²) in [5.41, 5.74) is 1.32. The molecule has 37 heavy (non-hydrogen) atoms. The van der Waals surface area contributed by atoms with Gasteiger partial charge in [-0.25, -0.2) is 4.79 Å². The Labute approximate surface area is 218 Å². The third kappa shape index (κ3) is 10.5. The van der Waals surface area contributed by atoms with Gasteiger partial charge in [-0.2, -0.15) is 0 Å². The Balaban J connectivity index is 0.000000371. The number of Topliss-reactive ketones (excluding diaryl/α,β-unsaturated/α-hetero) is 2. The van der Waals surface area contributed by atoms with Gasteiger partial charge in [-0.05, 0) is 48.1 Å². The molecule has 2 atom stereocenters. The molecule has 2 unspecified atom stereocenters.